The zero-order chi connectivity index (χ0) is 13.7. The van der Waals surface area contributed by atoms with Gasteiger partial charge in [0.2, 0.25) is 0 Å². The molecule has 1 aromatic carbocycles. The smallest absolute Gasteiger partial charge is 0.303 e. The lowest BCUT2D eigenvalue weighted by Crippen LogP contribution is -2.16. The van der Waals surface area contributed by atoms with Gasteiger partial charge in [0.15, 0.2) is 0 Å². The largest absolute Gasteiger partial charge is 0.481 e. The number of carboxylic acid groups (broad SMARTS) is 1. The number of hydrogen-bond donors (Lipinski definition) is 2. The minimum atomic E-state index is -0.747. The molecule has 1 unspecified atom stereocenters. The zero-order valence-corrected chi connectivity index (χ0v) is 10.8. The fraction of sp³-hybridized carbons (Fsp3) is 0.357. The Morgan fingerprint density at radius 1 is 1.42 bits per heavy atom. The molecule has 0 bridgehead atoms. The van der Waals surface area contributed by atoms with Gasteiger partial charge in [0, 0.05) is 17.8 Å². The number of nitrogens with one attached hydrogen (secondary N) is 1. The van der Waals surface area contributed by atoms with Crippen LogP contribution in [-0.4, -0.2) is 27.3 Å². The molecular weight excluding hydrogens is 242 g/mol. The number of aromatic nitrogens is 2. The van der Waals surface area contributed by atoms with E-state index < -0.39 is 5.97 Å². The van der Waals surface area contributed by atoms with E-state index in [-0.39, 0.29) is 12.5 Å². The standard InChI is InChI=1S/C14H17N3O2/c1-10(5-4-8-14(18)19)16-13-9-15-17-12-7-3-2-6-11(12)13/h2-3,6-7,9-10H,4-5,8H2,1H3,(H,16,17)(H,18,19). The Balaban J connectivity index is 2.02. The van der Waals surface area contributed by atoms with Crippen LogP contribution in [0.1, 0.15) is 26.2 Å². The van der Waals surface area contributed by atoms with Gasteiger partial charge in [0.05, 0.1) is 17.4 Å². The molecule has 2 rings (SSSR count). The SMILES string of the molecule is CC(CCCC(=O)O)Nc1cnnc2ccccc12. The molecule has 0 amide bonds. The van der Waals surface area contributed by atoms with Crippen LogP contribution in [0.4, 0.5) is 5.69 Å². The number of rotatable bonds is 6. The molecule has 0 saturated heterocycles. The van der Waals surface area contributed by atoms with E-state index in [0.717, 1.165) is 23.0 Å². The molecule has 5 heteroatoms. The van der Waals surface area contributed by atoms with E-state index in [1.807, 2.05) is 31.2 Å². The molecule has 0 fully saturated rings. The molecule has 19 heavy (non-hydrogen) atoms. The highest BCUT2D eigenvalue weighted by Crippen LogP contribution is 2.21. The molecule has 100 valence electrons. The lowest BCUT2D eigenvalue weighted by atomic mass is 10.1. The molecular formula is C14H17N3O2. The number of anilines is 1. The third-order valence-corrected chi connectivity index (χ3v) is 2.98. The number of aliphatic carboxylic acids is 1. The van der Waals surface area contributed by atoms with Crippen LogP contribution in [0.2, 0.25) is 0 Å². The predicted molar refractivity (Wildman–Crippen MR) is 74.1 cm³/mol. The van der Waals surface area contributed by atoms with Gasteiger partial charge in [-0.05, 0) is 25.8 Å². The molecule has 0 saturated carbocycles. The zero-order valence-electron chi connectivity index (χ0n) is 10.8. The van der Waals surface area contributed by atoms with Crippen molar-refractivity contribution in [3.63, 3.8) is 0 Å². The van der Waals surface area contributed by atoms with E-state index in [1.165, 1.54) is 0 Å². The summed E-state index contributed by atoms with van der Waals surface area (Å²) >= 11 is 0. The minimum absolute atomic E-state index is 0.201. The number of carboxylic acids is 1. The van der Waals surface area contributed by atoms with Gasteiger partial charge < -0.3 is 10.4 Å². The van der Waals surface area contributed by atoms with Crippen molar-refractivity contribution in [2.24, 2.45) is 0 Å². The van der Waals surface area contributed by atoms with Crippen LogP contribution in [-0.2, 0) is 4.79 Å². The summed E-state index contributed by atoms with van der Waals surface area (Å²) in [5, 5.41) is 21.0. The normalized spacial score (nSPS) is 12.3. The molecule has 0 aliphatic rings. The van der Waals surface area contributed by atoms with Gasteiger partial charge in [0.1, 0.15) is 0 Å². The van der Waals surface area contributed by atoms with E-state index >= 15 is 0 Å². The van der Waals surface area contributed by atoms with Crippen molar-refractivity contribution >= 4 is 22.6 Å². The van der Waals surface area contributed by atoms with Crippen molar-refractivity contribution in [1.82, 2.24) is 10.2 Å². The molecule has 2 N–H and O–H groups in total. The second-order valence-corrected chi connectivity index (χ2v) is 4.61. The van der Waals surface area contributed by atoms with Crippen LogP contribution < -0.4 is 5.32 Å². The number of fused-ring (bicyclic) bond motifs is 1. The second kappa shape index (κ2) is 6.13. The van der Waals surface area contributed by atoms with E-state index in [9.17, 15) is 4.79 Å². The summed E-state index contributed by atoms with van der Waals surface area (Å²) in [5.41, 5.74) is 1.79. The summed E-state index contributed by atoms with van der Waals surface area (Å²) < 4.78 is 0. The molecule has 1 atom stereocenters. The minimum Gasteiger partial charge on any atom is -0.481 e. The summed E-state index contributed by atoms with van der Waals surface area (Å²) in [6, 6.07) is 8.01. The first-order chi connectivity index (χ1) is 9.16. The van der Waals surface area contributed by atoms with Crippen molar-refractivity contribution in [3.05, 3.63) is 30.5 Å². The van der Waals surface area contributed by atoms with Gasteiger partial charge in [-0.2, -0.15) is 10.2 Å². The van der Waals surface area contributed by atoms with Crippen molar-refractivity contribution in [3.8, 4) is 0 Å². The molecule has 1 heterocycles. The average molecular weight is 259 g/mol. The average Bonchev–Trinajstić information content (AvgIpc) is 2.39. The van der Waals surface area contributed by atoms with Gasteiger partial charge in [-0.15, -0.1) is 0 Å². The number of nitrogens with zero attached hydrogens (tertiary/aromatic N) is 2. The predicted octanol–water partition coefficient (Wildman–Crippen LogP) is 2.69. The topological polar surface area (TPSA) is 75.1 Å². The maximum atomic E-state index is 10.5. The van der Waals surface area contributed by atoms with Crippen LogP contribution in [0, 0.1) is 0 Å². The molecule has 1 aromatic heterocycles. The quantitative estimate of drug-likeness (QED) is 0.834. The first-order valence-electron chi connectivity index (χ1n) is 6.35. The highest BCUT2D eigenvalue weighted by atomic mass is 16.4. The first-order valence-corrected chi connectivity index (χ1v) is 6.35. The number of carbonyl (C=O) groups is 1. The Morgan fingerprint density at radius 3 is 3.00 bits per heavy atom. The highest BCUT2D eigenvalue weighted by molar-refractivity contribution is 5.90. The third kappa shape index (κ3) is 3.64. The van der Waals surface area contributed by atoms with Gasteiger partial charge >= 0.3 is 5.97 Å². The first kappa shape index (κ1) is 13.3. The summed E-state index contributed by atoms with van der Waals surface area (Å²) in [4.78, 5) is 10.5. The van der Waals surface area contributed by atoms with Gasteiger partial charge in [0.25, 0.3) is 0 Å². The maximum Gasteiger partial charge on any atom is 0.303 e. The molecule has 0 radical (unpaired) electrons. The second-order valence-electron chi connectivity index (χ2n) is 4.61. The van der Waals surface area contributed by atoms with Crippen molar-refractivity contribution in [2.75, 3.05) is 5.32 Å². The third-order valence-electron chi connectivity index (χ3n) is 2.98. The Hall–Kier alpha value is -2.17. The van der Waals surface area contributed by atoms with Crippen LogP contribution in [0.3, 0.4) is 0 Å². The lowest BCUT2D eigenvalue weighted by Gasteiger charge is -2.15. The van der Waals surface area contributed by atoms with Crippen LogP contribution >= 0.6 is 0 Å². The van der Waals surface area contributed by atoms with E-state index in [4.69, 9.17) is 5.11 Å². The monoisotopic (exact) mass is 259 g/mol. The molecule has 0 aliphatic heterocycles. The van der Waals surface area contributed by atoms with Crippen LogP contribution in [0.5, 0.6) is 0 Å². The van der Waals surface area contributed by atoms with E-state index in [1.54, 1.807) is 6.20 Å². The molecule has 2 aromatic rings. The molecule has 0 spiro atoms. The Bertz CT molecular complexity index is 566. The summed E-state index contributed by atoms with van der Waals surface area (Å²) in [6.07, 6.45) is 3.39. The van der Waals surface area contributed by atoms with Crippen LogP contribution in [0.15, 0.2) is 30.5 Å². The Morgan fingerprint density at radius 2 is 2.21 bits per heavy atom. The van der Waals surface area contributed by atoms with Crippen molar-refractivity contribution in [1.29, 1.82) is 0 Å². The maximum absolute atomic E-state index is 10.5. The molecule has 5 nitrogen and oxygen atoms in total. The summed E-state index contributed by atoms with van der Waals surface area (Å²) in [7, 11) is 0. The highest BCUT2D eigenvalue weighted by Gasteiger charge is 2.07. The van der Waals surface area contributed by atoms with Crippen molar-refractivity contribution < 1.29 is 9.90 Å². The Labute approximate surface area is 111 Å². The van der Waals surface area contributed by atoms with Crippen molar-refractivity contribution in [2.45, 2.75) is 32.2 Å². The fourth-order valence-corrected chi connectivity index (χ4v) is 2.02. The van der Waals surface area contributed by atoms with E-state index in [2.05, 4.69) is 15.5 Å². The van der Waals surface area contributed by atoms with Crippen LogP contribution in [0.25, 0.3) is 10.9 Å². The molecule has 0 aliphatic carbocycles. The number of hydrogen-bond acceptors (Lipinski definition) is 4. The Kier molecular flexibility index (Phi) is 4.28. The van der Waals surface area contributed by atoms with Gasteiger partial charge in [-0.1, -0.05) is 18.2 Å². The van der Waals surface area contributed by atoms with Gasteiger partial charge in [-0.25, -0.2) is 0 Å². The van der Waals surface area contributed by atoms with E-state index in [0.29, 0.717) is 6.42 Å². The summed E-state index contributed by atoms with van der Waals surface area (Å²) in [6.45, 7) is 2.04. The van der Waals surface area contributed by atoms with Gasteiger partial charge in [-0.3, -0.25) is 4.79 Å². The summed E-state index contributed by atoms with van der Waals surface area (Å²) in [5.74, 6) is -0.747. The lowest BCUT2D eigenvalue weighted by molar-refractivity contribution is -0.137. The number of benzene rings is 1. The fourth-order valence-electron chi connectivity index (χ4n) is 2.02.